The standard InChI is InChI=1S/C21H21N3O5S3/c1-3-10-23-15-9-8-14(20(26)29-2)13-17(15)31-21(23)22-19(25)16-6-4-11-24(16)32(27,28)18-7-5-12-30-18/h3,5,7-9,12-13,16H,1,4,6,10-11H2,2H3/t16-/m1/s1. The highest BCUT2D eigenvalue weighted by atomic mass is 32.2. The third-order valence-electron chi connectivity index (χ3n) is 5.17. The van der Waals surface area contributed by atoms with E-state index >= 15 is 0 Å². The Balaban J connectivity index is 1.74. The minimum Gasteiger partial charge on any atom is -0.465 e. The molecule has 1 amide bonds. The number of thiophene rings is 1. The number of hydrogen-bond donors (Lipinski definition) is 0. The first-order valence-electron chi connectivity index (χ1n) is 9.83. The van der Waals surface area contributed by atoms with Crippen LogP contribution in [0.5, 0.6) is 0 Å². The number of thiazole rings is 1. The van der Waals surface area contributed by atoms with Gasteiger partial charge in [0.15, 0.2) is 4.80 Å². The van der Waals surface area contributed by atoms with Crippen molar-refractivity contribution in [2.24, 2.45) is 4.99 Å². The fourth-order valence-corrected chi connectivity index (χ4v) is 7.53. The molecule has 0 spiro atoms. The predicted octanol–water partition coefficient (Wildman–Crippen LogP) is 3.02. The number of sulfonamides is 1. The van der Waals surface area contributed by atoms with Gasteiger partial charge in [0.1, 0.15) is 10.3 Å². The van der Waals surface area contributed by atoms with Crippen LogP contribution in [0.3, 0.4) is 0 Å². The maximum Gasteiger partial charge on any atom is 0.337 e. The molecule has 0 bridgehead atoms. The number of rotatable bonds is 6. The Hall–Kier alpha value is -2.60. The molecular formula is C21H21N3O5S3. The van der Waals surface area contributed by atoms with Gasteiger partial charge in [-0.25, -0.2) is 13.2 Å². The van der Waals surface area contributed by atoms with Crippen molar-refractivity contribution in [3.05, 3.63) is 58.7 Å². The number of benzene rings is 1. The lowest BCUT2D eigenvalue weighted by Gasteiger charge is -2.20. The number of allylic oxidation sites excluding steroid dienone is 1. The van der Waals surface area contributed by atoms with E-state index in [0.29, 0.717) is 29.8 Å². The number of amides is 1. The van der Waals surface area contributed by atoms with Crippen molar-refractivity contribution in [3.8, 4) is 0 Å². The zero-order chi connectivity index (χ0) is 22.9. The minimum absolute atomic E-state index is 0.219. The van der Waals surface area contributed by atoms with E-state index in [1.165, 1.54) is 22.8 Å². The van der Waals surface area contributed by atoms with Crippen molar-refractivity contribution < 1.29 is 22.7 Å². The van der Waals surface area contributed by atoms with Gasteiger partial charge >= 0.3 is 5.97 Å². The van der Waals surface area contributed by atoms with Crippen LogP contribution in [-0.4, -0.2) is 48.9 Å². The third-order valence-corrected chi connectivity index (χ3v) is 9.49. The zero-order valence-corrected chi connectivity index (χ0v) is 19.7. The Morgan fingerprint density at radius 1 is 1.34 bits per heavy atom. The third kappa shape index (κ3) is 4.08. The fraction of sp³-hybridized carbons (Fsp3) is 0.286. The van der Waals surface area contributed by atoms with E-state index < -0.39 is 27.9 Å². The van der Waals surface area contributed by atoms with Gasteiger partial charge in [-0.3, -0.25) is 4.79 Å². The molecule has 0 radical (unpaired) electrons. The molecule has 168 valence electrons. The molecule has 3 aromatic rings. The molecule has 1 saturated heterocycles. The molecule has 0 aliphatic carbocycles. The maximum atomic E-state index is 13.1. The molecule has 1 atom stereocenters. The number of nitrogens with zero attached hydrogens (tertiary/aromatic N) is 3. The van der Waals surface area contributed by atoms with E-state index in [4.69, 9.17) is 4.74 Å². The minimum atomic E-state index is -3.74. The molecule has 32 heavy (non-hydrogen) atoms. The van der Waals surface area contributed by atoms with Gasteiger partial charge in [-0.15, -0.1) is 17.9 Å². The van der Waals surface area contributed by atoms with Gasteiger partial charge in [0.05, 0.1) is 22.9 Å². The summed E-state index contributed by atoms with van der Waals surface area (Å²) < 4.78 is 34.8. The molecule has 11 heteroatoms. The first-order valence-corrected chi connectivity index (χ1v) is 13.0. The Morgan fingerprint density at radius 2 is 2.16 bits per heavy atom. The van der Waals surface area contributed by atoms with Gasteiger partial charge < -0.3 is 9.30 Å². The predicted molar refractivity (Wildman–Crippen MR) is 123 cm³/mol. The summed E-state index contributed by atoms with van der Waals surface area (Å²) in [4.78, 5) is 29.7. The fourth-order valence-electron chi connectivity index (χ4n) is 3.68. The quantitative estimate of drug-likeness (QED) is 0.390. The van der Waals surface area contributed by atoms with Crippen LogP contribution in [-0.2, 0) is 26.1 Å². The number of carbonyl (C=O) groups is 2. The van der Waals surface area contributed by atoms with Crippen LogP contribution in [0.2, 0.25) is 0 Å². The zero-order valence-electron chi connectivity index (χ0n) is 17.3. The van der Waals surface area contributed by atoms with Crippen LogP contribution >= 0.6 is 22.7 Å². The molecule has 0 saturated carbocycles. The lowest BCUT2D eigenvalue weighted by atomic mass is 10.2. The summed E-state index contributed by atoms with van der Waals surface area (Å²) in [6.07, 6.45) is 2.71. The molecule has 2 aromatic heterocycles. The molecule has 8 nitrogen and oxygen atoms in total. The summed E-state index contributed by atoms with van der Waals surface area (Å²) in [6, 6.07) is 7.49. The summed E-state index contributed by atoms with van der Waals surface area (Å²) in [7, 11) is -2.43. The molecule has 1 aromatic carbocycles. The van der Waals surface area contributed by atoms with Gasteiger partial charge in [-0.1, -0.05) is 23.5 Å². The van der Waals surface area contributed by atoms with Crippen LogP contribution in [0.15, 0.2) is 57.6 Å². The summed E-state index contributed by atoms with van der Waals surface area (Å²) >= 11 is 2.38. The number of ether oxygens (including phenoxy) is 1. The Bertz CT molecular complexity index is 1350. The number of aromatic nitrogens is 1. The summed E-state index contributed by atoms with van der Waals surface area (Å²) in [5, 5.41) is 1.70. The summed E-state index contributed by atoms with van der Waals surface area (Å²) in [5.41, 5.74) is 1.19. The molecule has 1 fully saturated rings. The topological polar surface area (TPSA) is 98.0 Å². The van der Waals surface area contributed by atoms with E-state index in [9.17, 15) is 18.0 Å². The second-order valence-corrected chi connectivity index (χ2v) is 11.2. The van der Waals surface area contributed by atoms with E-state index in [2.05, 4.69) is 11.6 Å². The van der Waals surface area contributed by atoms with E-state index in [-0.39, 0.29) is 10.8 Å². The molecular weight excluding hydrogens is 470 g/mol. The average Bonchev–Trinajstić information content (AvgIpc) is 3.53. The van der Waals surface area contributed by atoms with Crippen molar-refractivity contribution in [3.63, 3.8) is 0 Å². The highest BCUT2D eigenvalue weighted by molar-refractivity contribution is 7.91. The number of esters is 1. The molecule has 0 unspecified atom stereocenters. The van der Waals surface area contributed by atoms with E-state index in [1.54, 1.807) is 41.8 Å². The number of hydrogen-bond acceptors (Lipinski definition) is 7. The number of methoxy groups -OCH3 is 1. The SMILES string of the molecule is C=CCn1c(=NC(=O)[C@H]2CCCN2S(=O)(=O)c2cccs2)sc2cc(C(=O)OC)ccc21. The van der Waals surface area contributed by atoms with E-state index in [0.717, 1.165) is 21.6 Å². The molecule has 1 aliphatic heterocycles. The van der Waals surface area contributed by atoms with E-state index in [1.807, 2.05) is 4.57 Å². The summed E-state index contributed by atoms with van der Waals surface area (Å²) in [5.74, 6) is -0.953. The van der Waals surface area contributed by atoms with Gasteiger partial charge in [-0.2, -0.15) is 9.30 Å². The Labute approximate surface area is 193 Å². The van der Waals surface area contributed by atoms with Crippen LogP contribution < -0.4 is 4.80 Å². The van der Waals surface area contributed by atoms with Crippen LogP contribution in [0.4, 0.5) is 0 Å². The molecule has 3 heterocycles. The van der Waals surface area contributed by atoms with Crippen LogP contribution in [0.1, 0.15) is 23.2 Å². The monoisotopic (exact) mass is 491 g/mol. The van der Waals surface area contributed by atoms with Gasteiger partial charge in [0, 0.05) is 13.1 Å². The van der Waals surface area contributed by atoms with Crippen LogP contribution in [0, 0.1) is 0 Å². The van der Waals surface area contributed by atoms with Gasteiger partial charge in [0.2, 0.25) is 0 Å². The molecule has 1 aliphatic rings. The lowest BCUT2D eigenvalue weighted by molar-refractivity contribution is -0.121. The maximum absolute atomic E-state index is 13.1. The van der Waals surface area contributed by atoms with Crippen molar-refractivity contribution in [1.82, 2.24) is 8.87 Å². The first kappa shape index (κ1) is 22.6. The highest BCUT2D eigenvalue weighted by Gasteiger charge is 2.39. The second kappa shape index (κ2) is 9.10. The highest BCUT2D eigenvalue weighted by Crippen LogP contribution is 2.29. The lowest BCUT2D eigenvalue weighted by Crippen LogP contribution is -2.40. The van der Waals surface area contributed by atoms with Crippen molar-refractivity contribution in [2.45, 2.75) is 29.6 Å². The molecule has 0 N–H and O–H groups in total. The Kier molecular flexibility index (Phi) is 6.42. The number of fused-ring (bicyclic) bond motifs is 1. The first-order chi connectivity index (χ1) is 15.4. The average molecular weight is 492 g/mol. The van der Waals surface area contributed by atoms with Gasteiger partial charge in [0.25, 0.3) is 15.9 Å². The van der Waals surface area contributed by atoms with Crippen molar-refractivity contribution in [1.29, 1.82) is 0 Å². The van der Waals surface area contributed by atoms with Crippen molar-refractivity contribution >= 4 is 54.8 Å². The smallest absolute Gasteiger partial charge is 0.337 e. The normalized spacial score (nSPS) is 17.7. The van der Waals surface area contributed by atoms with Gasteiger partial charge in [-0.05, 0) is 42.5 Å². The summed E-state index contributed by atoms with van der Waals surface area (Å²) in [6.45, 7) is 4.46. The molecule has 4 rings (SSSR count). The largest absolute Gasteiger partial charge is 0.465 e. The number of carbonyl (C=O) groups excluding carboxylic acids is 2. The Morgan fingerprint density at radius 3 is 2.84 bits per heavy atom. The second-order valence-electron chi connectivity index (χ2n) is 7.11. The van der Waals surface area contributed by atoms with Crippen molar-refractivity contribution in [2.75, 3.05) is 13.7 Å². The van der Waals surface area contributed by atoms with Crippen LogP contribution in [0.25, 0.3) is 10.2 Å².